The van der Waals surface area contributed by atoms with Crippen LogP contribution in [0.3, 0.4) is 0 Å². The first-order chi connectivity index (χ1) is 8.63. The minimum Gasteiger partial charge on any atom is -0.482 e. The lowest BCUT2D eigenvalue weighted by Gasteiger charge is -2.26. The van der Waals surface area contributed by atoms with Crippen molar-refractivity contribution < 1.29 is 14.5 Å². The lowest BCUT2D eigenvalue weighted by atomic mass is 10.2. The largest absolute Gasteiger partial charge is 0.482 e. The Labute approximate surface area is 108 Å². The summed E-state index contributed by atoms with van der Waals surface area (Å²) in [6.07, 6.45) is 3.06. The van der Waals surface area contributed by atoms with Gasteiger partial charge in [0.1, 0.15) is 5.75 Å². The van der Waals surface area contributed by atoms with Crippen LogP contribution in [0.15, 0.2) is 30.5 Å². The molecule has 0 atom stereocenters. The molecule has 18 heavy (non-hydrogen) atoms. The summed E-state index contributed by atoms with van der Waals surface area (Å²) in [5.74, 6) is 0.373. The van der Waals surface area contributed by atoms with Gasteiger partial charge in [0.25, 0.3) is 11.6 Å². The van der Waals surface area contributed by atoms with E-state index in [-0.39, 0.29) is 24.1 Å². The van der Waals surface area contributed by atoms with Gasteiger partial charge in [-0.1, -0.05) is 6.08 Å². The van der Waals surface area contributed by atoms with E-state index in [9.17, 15) is 14.9 Å². The van der Waals surface area contributed by atoms with Crippen LogP contribution in [-0.2, 0) is 4.79 Å². The number of nitrogens with zero attached hydrogens (tertiary/aromatic N) is 2. The Kier molecular flexibility index (Phi) is 3.47. The number of hydrogen-bond acceptors (Lipinski definition) is 4. The van der Waals surface area contributed by atoms with Gasteiger partial charge in [-0.05, 0) is 6.07 Å². The van der Waals surface area contributed by atoms with Crippen LogP contribution in [0, 0.1) is 10.1 Å². The number of anilines is 1. The number of hydrogen-bond donors (Lipinski definition) is 0. The van der Waals surface area contributed by atoms with E-state index in [1.807, 2.05) is 0 Å². The normalized spacial score (nSPS) is 14.5. The molecule has 1 aliphatic rings. The summed E-state index contributed by atoms with van der Waals surface area (Å²) in [5, 5.41) is 10.7. The number of amides is 1. The molecule has 0 unspecified atom stereocenters. The molecule has 94 valence electrons. The van der Waals surface area contributed by atoms with E-state index < -0.39 is 4.92 Å². The van der Waals surface area contributed by atoms with Gasteiger partial charge in [0.2, 0.25) is 0 Å². The summed E-state index contributed by atoms with van der Waals surface area (Å²) in [4.78, 5) is 23.2. The van der Waals surface area contributed by atoms with Crippen molar-refractivity contribution >= 4 is 28.9 Å². The number of allylic oxidation sites excluding steroid dienone is 1. The average Bonchev–Trinajstić information content (AvgIpc) is 2.37. The minimum absolute atomic E-state index is 0.0998. The number of nitro groups is 1. The first-order valence-electron chi connectivity index (χ1n) is 5.09. The predicted octanol–water partition coefficient (Wildman–Crippen LogP) is 2.07. The van der Waals surface area contributed by atoms with Crippen molar-refractivity contribution in [1.82, 2.24) is 0 Å². The molecule has 1 aromatic carbocycles. The molecule has 1 aromatic rings. The average molecular weight is 269 g/mol. The molecule has 0 saturated carbocycles. The zero-order valence-electron chi connectivity index (χ0n) is 9.21. The van der Waals surface area contributed by atoms with E-state index in [4.69, 9.17) is 16.3 Å². The Morgan fingerprint density at radius 3 is 3.00 bits per heavy atom. The Morgan fingerprint density at radius 1 is 1.56 bits per heavy atom. The van der Waals surface area contributed by atoms with Crippen LogP contribution >= 0.6 is 11.6 Å². The number of nitro benzene ring substituents is 1. The number of benzene rings is 1. The number of halogens is 1. The minimum atomic E-state index is -0.525. The molecule has 0 radical (unpaired) electrons. The fraction of sp³-hybridized carbons (Fsp3) is 0.182. The van der Waals surface area contributed by atoms with Gasteiger partial charge in [-0.15, -0.1) is 11.6 Å². The lowest BCUT2D eigenvalue weighted by molar-refractivity contribution is -0.384. The van der Waals surface area contributed by atoms with Crippen molar-refractivity contribution in [2.45, 2.75) is 0 Å². The fourth-order valence-electron chi connectivity index (χ4n) is 1.58. The van der Waals surface area contributed by atoms with Crippen LogP contribution < -0.4 is 9.64 Å². The summed E-state index contributed by atoms with van der Waals surface area (Å²) in [6, 6.07) is 4.10. The number of ether oxygens (including phenoxy) is 1. The molecule has 7 heteroatoms. The number of alkyl halides is 1. The van der Waals surface area contributed by atoms with Crippen molar-refractivity contribution in [2.75, 3.05) is 17.4 Å². The van der Waals surface area contributed by atoms with Crippen molar-refractivity contribution in [3.05, 3.63) is 40.6 Å². The number of carbonyl (C=O) groups is 1. The second-order valence-electron chi connectivity index (χ2n) is 3.50. The predicted molar refractivity (Wildman–Crippen MR) is 65.9 cm³/mol. The fourth-order valence-corrected chi connectivity index (χ4v) is 1.66. The smallest absolute Gasteiger partial charge is 0.271 e. The highest BCUT2D eigenvalue weighted by atomic mass is 35.5. The zero-order valence-corrected chi connectivity index (χ0v) is 9.96. The van der Waals surface area contributed by atoms with Gasteiger partial charge >= 0.3 is 0 Å². The zero-order chi connectivity index (χ0) is 13.1. The number of carbonyl (C=O) groups excluding carboxylic acids is 1. The molecular formula is C11H9ClN2O4. The first-order valence-corrected chi connectivity index (χ1v) is 5.63. The van der Waals surface area contributed by atoms with Gasteiger partial charge in [-0.25, -0.2) is 0 Å². The Hall–Kier alpha value is -2.08. The standard InChI is InChI=1S/C11H9ClN2O4/c12-4-1-5-13-9-6-8(14(16)17)2-3-10(9)18-7-11(13)15/h1-3,5-6H,4,7H2/b5-1+. The number of fused-ring (bicyclic) bond motifs is 1. The van der Waals surface area contributed by atoms with Crippen LogP contribution in [0.1, 0.15) is 0 Å². The molecule has 6 nitrogen and oxygen atoms in total. The number of non-ortho nitro benzene ring substituents is 1. The van der Waals surface area contributed by atoms with E-state index in [0.29, 0.717) is 11.4 Å². The molecule has 0 spiro atoms. The third kappa shape index (κ3) is 2.28. The van der Waals surface area contributed by atoms with E-state index in [0.717, 1.165) is 0 Å². The summed E-state index contributed by atoms with van der Waals surface area (Å²) in [5.41, 5.74) is 0.248. The van der Waals surface area contributed by atoms with E-state index in [1.165, 1.54) is 29.3 Å². The molecule has 0 aromatic heterocycles. The molecule has 0 N–H and O–H groups in total. The Balaban J connectivity index is 2.46. The third-order valence-corrected chi connectivity index (χ3v) is 2.55. The molecule has 1 heterocycles. The molecule has 2 rings (SSSR count). The maximum Gasteiger partial charge on any atom is 0.271 e. The highest BCUT2D eigenvalue weighted by Crippen LogP contribution is 2.35. The van der Waals surface area contributed by atoms with Crippen molar-refractivity contribution in [1.29, 1.82) is 0 Å². The van der Waals surface area contributed by atoms with Crippen molar-refractivity contribution in [3.8, 4) is 5.75 Å². The molecule has 1 amide bonds. The van der Waals surface area contributed by atoms with Crippen LogP contribution in [0.5, 0.6) is 5.75 Å². The lowest BCUT2D eigenvalue weighted by Crippen LogP contribution is -2.34. The van der Waals surface area contributed by atoms with Gasteiger partial charge in [-0.2, -0.15) is 0 Å². The Morgan fingerprint density at radius 2 is 2.33 bits per heavy atom. The third-order valence-electron chi connectivity index (χ3n) is 2.38. The second-order valence-corrected chi connectivity index (χ2v) is 3.81. The molecule has 0 saturated heterocycles. The SMILES string of the molecule is O=C1COc2ccc([N+](=O)[O-])cc2N1/C=C/CCl. The Bertz CT molecular complexity index is 530. The summed E-state index contributed by atoms with van der Waals surface area (Å²) >= 11 is 5.51. The molecule has 1 aliphatic heterocycles. The van der Waals surface area contributed by atoms with Crippen LogP contribution in [-0.4, -0.2) is 23.3 Å². The first kappa shape index (κ1) is 12.4. The van der Waals surface area contributed by atoms with Gasteiger partial charge in [0, 0.05) is 24.2 Å². The van der Waals surface area contributed by atoms with E-state index in [1.54, 1.807) is 6.08 Å². The van der Waals surface area contributed by atoms with Crippen LogP contribution in [0.2, 0.25) is 0 Å². The van der Waals surface area contributed by atoms with Crippen molar-refractivity contribution in [2.24, 2.45) is 0 Å². The maximum absolute atomic E-state index is 11.7. The highest BCUT2D eigenvalue weighted by molar-refractivity contribution is 6.19. The van der Waals surface area contributed by atoms with Gasteiger partial charge in [-0.3, -0.25) is 19.8 Å². The maximum atomic E-state index is 11.7. The van der Waals surface area contributed by atoms with E-state index >= 15 is 0 Å². The van der Waals surface area contributed by atoms with E-state index in [2.05, 4.69) is 0 Å². The molecular weight excluding hydrogens is 260 g/mol. The van der Waals surface area contributed by atoms with Gasteiger partial charge < -0.3 is 4.74 Å². The van der Waals surface area contributed by atoms with Crippen LogP contribution in [0.25, 0.3) is 0 Å². The quantitative estimate of drug-likeness (QED) is 0.478. The highest BCUT2D eigenvalue weighted by Gasteiger charge is 2.25. The molecule has 0 aliphatic carbocycles. The van der Waals surface area contributed by atoms with Gasteiger partial charge in [0.05, 0.1) is 10.6 Å². The van der Waals surface area contributed by atoms with Gasteiger partial charge in [0.15, 0.2) is 6.61 Å². The summed E-state index contributed by atoms with van der Waals surface area (Å²) in [6.45, 7) is -0.0998. The van der Waals surface area contributed by atoms with Crippen LogP contribution in [0.4, 0.5) is 11.4 Å². The monoisotopic (exact) mass is 268 g/mol. The summed E-state index contributed by atoms with van der Waals surface area (Å²) in [7, 11) is 0. The number of rotatable bonds is 3. The molecule has 0 bridgehead atoms. The topological polar surface area (TPSA) is 72.7 Å². The molecule has 0 fully saturated rings. The summed E-state index contributed by atoms with van der Waals surface area (Å²) < 4.78 is 5.20. The van der Waals surface area contributed by atoms with Crippen molar-refractivity contribution in [3.63, 3.8) is 0 Å². The second kappa shape index (κ2) is 5.05.